The summed E-state index contributed by atoms with van der Waals surface area (Å²) < 4.78 is 5.63. The second-order valence-corrected chi connectivity index (χ2v) is 5.55. The SMILES string of the molecule is CCNc1ccc(CN2CCCC(C)(OC)C2)cn1. The molecule has 0 spiro atoms. The van der Waals surface area contributed by atoms with Gasteiger partial charge in [0.25, 0.3) is 0 Å². The number of likely N-dealkylation sites (tertiary alicyclic amines) is 1. The van der Waals surface area contributed by atoms with Gasteiger partial charge in [0.2, 0.25) is 0 Å². The normalized spacial score (nSPS) is 24.4. The number of hydrogen-bond acceptors (Lipinski definition) is 4. The molecule has 106 valence electrons. The summed E-state index contributed by atoms with van der Waals surface area (Å²) in [4.78, 5) is 6.88. The van der Waals surface area contributed by atoms with Gasteiger partial charge in [-0.2, -0.15) is 0 Å². The zero-order chi connectivity index (χ0) is 13.7. The molecule has 1 atom stereocenters. The minimum Gasteiger partial charge on any atom is -0.377 e. The standard InChI is InChI=1S/C15H25N3O/c1-4-16-14-7-6-13(10-17-14)11-18-9-5-8-15(2,12-18)19-3/h6-7,10H,4-5,8-9,11-12H2,1-3H3,(H,16,17). The highest BCUT2D eigenvalue weighted by atomic mass is 16.5. The lowest BCUT2D eigenvalue weighted by Crippen LogP contribution is -2.46. The van der Waals surface area contributed by atoms with Gasteiger partial charge in [-0.15, -0.1) is 0 Å². The quantitative estimate of drug-likeness (QED) is 0.886. The van der Waals surface area contributed by atoms with Crippen molar-refractivity contribution in [2.24, 2.45) is 0 Å². The summed E-state index contributed by atoms with van der Waals surface area (Å²) in [6.45, 7) is 8.29. The number of piperidine rings is 1. The Bertz CT molecular complexity index is 393. The third-order valence-electron chi connectivity index (χ3n) is 3.82. The molecular formula is C15H25N3O. The van der Waals surface area contributed by atoms with E-state index >= 15 is 0 Å². The minimum atomic E-state index is 0.00931. The molecular weight excluding hydrogens is 238 g/mol. The summed E-state index contributed by atoms with van der Waals surface area (Å²) in [6, 6.07) is 4.21. The molecule has 1 aliphatic rings. The highest BCUT2D eigenvalue weighted by Crippen LogP contribution is 2.24. The monoisotopic (exact) mass is 263 g/mol. The molecule has 0 bridgehead atoms. The van der Waals surface area contributed by atoms with Crippen molar-refractivity contribution in [2.75, 3.05) is 32.1 Å². The van der Waals surface area contributed by atoms with Crippen LogP contribution in [0.4, 0.5) is 5.82 Å². The molecule has 1 fully saturated rings. The van der Waals surface area contributed by atoms with E-state index in [4.69, 9.17) is 4.74 Å². The summed E-state index contributed by atoms with van der Waals surface area (Å²) in [5.41, 5.74) is 1.28. The van der Waals surface area contributed by atoms with Crippen LogP contribution >= 0.6 is 0 Å². The van der Waals surface area contributed by atoms with Crippen LogP contribution in [0.25, 0.3) is 0 Å². The number of aromatic nitrogens is 1. The maximum atomic E-state index is 5.63. The van der Waals surface area contributed by atoms with Gasteiger partial charge in [0.05, 0.1) is 5.60 Å². The van der Waals surface area contributed by atoms with Crippen LogP contribution in [-0.2, 0) is 11.3 Å². The molecule has 1 aromatic rings. The van der Waals surface area contributed by atoms with E-state index in [1.807, 2.05) is 13.3 Å². The first-order valence-corrected chi connectivity index (χ1v) is 7.11. The van der Waals surface area contributed by atoms with Gasteiger partial charge in [-0.05, 0) is 44.9 Å². The van der Waals surface area contributed by atoms with Crippen molar-refractivity contribution in [1.82, 2.24) is 9.88 Å². The van der Waals surface area contributed by atoms with Crippen molar-refractivity contribution in [3.05, 3.63) is 23.9 Å². The molecule has 1 unspecified atom stereocenters. The Balaban J connectivity index is 1.93. The summed E-state index contributed by atoms with van der Waals surface area (Å²) in [5, 5.41) is 3.22. The fraction of sp³-hybridized carbons (Fsp3) is 0.667. The van der Waals surface area contributed by atoms with Crippen molar-refractivity contribution in [2.45, 2.75) is 38.8 Å². The summed E-state index contributed by atoms with van der Waals surface area (Å²) in [6.07, 6.45) is 4.32. The van der Waals surface area contributed by atoms with Crippen molar-refractivity contribution < 1.29 is 4.74 Å². The lowest BCUT2D eigenvalue weighted by molar-refractivity contribution is -0.0527. The van der Waals surface area contributed by atoms with Gasteiger partial charge in [0.15, 0.2) is 0 Å². The maximum Gasteiger partial charge on any atom is 0.125 e. The van der Waals surface area contributed by atoms with Gasteiger partial charge < -0.3 is 10.1 Å². The molecule has 1 saturated heterocycles. The Morgan fingerprint density at radius 1 is 1.47 bits per heavy atom. The van der Waals surface area contributed by atoms with Gasteiger partial charge in [-0.1, -0.05) is 6.07 Å². The number of anilines is 1. The van der Waals surface area contributed by atoms with E-state index in [-0.39, 0.29) is 5.60 Å². The molecule has 1 aromatic heterocycles. The molecule has 2 rings (SSSR count). The molecule has 4 heteroatoms. The molecule has 0 radical (unpaired) electrons. The fourth-order valence-corrected chi connectivity index (χ4v) is 2.67. The van der Waals surface area contributed by atoms with Crippen LogP contribution in [0.1, 0.15) is 32.3 Å². The number of nitrogens with zero attached hydrogens (tertiary/aromatic N) is 2. The number of ether oxygens (including phenoxy) is 1. The van der Waals surface area contributed by atoms with Crippen molar-refractivity contribution in [1.29, 1.82) is 0 Å². The van der Waals surface area contributed by atoms with Gasteiger partial charge in [-0.25, -0.2) is 4.98 Å². The highest BCUT2D eigenvalue weighted by molar-refractivity contribution is 5.35. The van der Waals surface area contributed by atoms with Crippen molar-refractivity contribution in [3.8, 4) is 0 Å². The minimum absolute atomic E-state index is 0.00931. The average Bonchev–Trinajstić information content (AvgIpc) is 2.42. The summed E-state index contributed by atoms with van der Waals surface area (Å²) in [7, 11) is 1.82. The van der Waals surface area contributed by atoms with E-state index in [2.05, 4.69) is 41.2 Å². The molecule has 0 aromatic carbocycles. The number of nitrogens with one attached hydrogen (secondary N) is 1. The van der Waals surface area contributed by atoms with E-state index < -0.39 is 0 Å². The maximum absolute atomic E-state index is 5.63. The van der Waals surface area contributed by atoms with Crippen LogP contribution in [0.3, 0.4) is 0 Å². The first-order chi connectivity index (χ1) is 9.15. The molecule has 0 amide bonds. The van der Waals surface area contributed by atoms with E-state index in [0.29, 0.717) is 0 Å². The van der Waals surface area contributed by atoms with E-state index in [1.54, 1.807) is 0 Å². The van der Waals surface area contributed by atoms with Gasteiger partial charge >= 0.3 is 0 Å². The first-order valence-electron chi connectivity index (χ1n) is 7.11. The number of rotatable bonds is 5. The zero-order valence-electron chi connectivity index (χ0n) is 12.3. The third kappa shape index (κ3) is 3.91. The van der Waals surface area contributed by atoms with Gasteiger partial charge in [0.1, 0.15) is 5.82 Å². The average molecular weight is 263 g/mol. The topological polar surface area (TPSA) is 37.4 Å². The Kier molecular flexibility index (Phi) is 4.77. The van der Waals surface area contributed by atoms with Gasteiger partial charge in [-0.3, -0.25) is 4.90 Å². The van der Waals surface area contributed by atoms with Crippen LogP contribution in [0.5, 0.6) is 0 Å². The summed E-state index contributed by atoms with van der Waals surface area (Å²) in [5.74, 6) is 0.951. The predicted molar refractivity (Wildman–Crippen MR) is 78.3 cm³/mol. The molecule has 4 nitrogen and oxygen atoms in total. The number of methoxy groups -OCH3 is 1. The highest BCUT2D eigenvalue weighted by Gasteiger charge is 2.30. The van der Waals surface area contributed by atoms with Gasteiger partial charge in [0, 0.05) is 32.9 Å². The predicted octanol–water partition coefficient (Wildman–Crippen LogP) is 2.51. The fourth-order valence-electron chi connectivity index (χ4n) is 2.67. The summed E-state index contributed by atoms with van der Waals surface area (Å²) >= 11 is 0. The van der Waals surface area contributed by atoms with Crippen LogP contribution in [0.2, 0.25) is 0 Å². The smallest absolute Gasteiger partial charge is 0.125 e. The van der Waals surface area contributed by atoms with Crippen LogP contribution in [0, 0.1) is 0 Å². The van der Waals surface area contributed by atoms with E-state index in [0.717, 1.165) is 38.4 Å². The second-order valence-electron chi connectivity index (χ2n) is 5.55. The zero-order valence-corrected chi connectivity index (χ0v) is 12.3. The molecule has 2 heterocycles. The van der Waals surface area contributed by atoms with Crippen molar-refractivity contribution >= 4 is 5.82 Å². The Hall–Kier alpha value is -1.13. The van der Waals surface area contributed by atoms with Crippen LogP contribution in [0.15, 0.2) is 18.3 Å². The lowest BCUT2D eigenvalue weighted by atomic mass is 9.94. The largest absolute Gasteiger partial charge is 0.377 e. The molecule has 1 N–H and O–H groups in total. The van der Waals surface area contributed by atoms with Crippen molar-refractivity contribution in [3.63, 3.8) is 0 Å². The van der Waals surface area contributed by atoms with E-state index in [1.165, 1.54) is 12.0 Å². The number of hydrogen-bond donors (Lipinski definition) is 1. The Morgan fingerprint density at radius 2 is 2.32 bits per heavy atom. The Labute approximate surface area is 116 Å². The molecule has 1 aliphatic heterocycles. The van der Waals surface area contributed by atoms with Crippen LogP contribution < -0.4 is 5.32 Å². The molecule has 0 aliphatic carbocycles. The Morgan fingerprint density at radius 3 is 2.95 bits per heavy atom. The molecule has 19 heavy (non-hydrogen) atoms. The first kappa shape index (κ1) is 14.3. The molecule has 0 saturated carbocycles. The third-order valence-corrected chi connectivity index (χ3v) is 3.82. The second kappa shape index (κ2) is 6.35. The van der Waals surface area contributed by atoms with E-state index in [9.17, 15) is 0 Å². The lowest BCUT2D eigenvalue weighted by Gasteiger charge is -2.39. The number of pyridine rings is 1. The van der Waals surface area contributed by atoms with Crippen LogP contribution in [-0.4, -0.2) is 42.2 Å².